The summed E-state index contributed by atoms with van der Waals surface area (Å²) in [5.41, 5.74) is 0.445. The zero-order valence-corrected chi connectivity index (χ0v) is 28.9. The SMILES string of the molecule is CC1(C)CC[C@]2(C(=O)O)CC[C@]3(C)C(=CCC4[C@@]5(C)CC[C@@H](C(O)[C@@H]6OC(OC=O)[C@@H](O)[C@H](O)C6O)C(C)(C)C5CC[C@]43C)C2C1. The molecule has 1 aliphatic heterocycles. The third-order valence-electron chi connectivity index (χ3n) is 15.7. The summed E-state index contributed by atoms with van der Waals surface area (Å²) in [6.45, 7) is 16.5. The zero-order valence-electron chi connectivity index (χ0n) is 28.9. The van der Waals surface area contributed by atoms with E-state index in [9.17, 15) is 35.1 Å². The quantitative estimate of drug-likeness (QED) is 0.209. The maximum Gasteiger partial charge on any atom is 0.310 e. The Bertz CT molecular complexity index is 1260. The fraction of sp³-hybridized carbons (Fsp3) is 0.892. The summed E-state index contributed by atoms with van der Waals surface area (Å²) >= 11 is 0. The first-order valence-electron chi connectivity index (χ1n) is 17.7. The van der Waals surface area contributed by atoms with Gasteiger partial charge in [-0.3, -0.25) is 9.59 Å². The van der Waals surface area contributed by atoms with E-state index >= 15 is 0 Å². The molecule has 0 aromatic rings. The molecule has 9 nitrogen and oxygen atoms in total. The van der Waals surface area contributed by atoms with E-state index in [4.69, 9.17) is 9.47 Å². The van der Waals surface area contributed by atoms with Crippen LogP contribution in [0.5, 0.6) is 0 Å². The summed E-state index contributed by atoms with van der Waals surface area (Å²) in [4.78, 5) is 24.0. The van der Waals surface area contributed by atoms with Crippen LogP contribution in [0.25, 0.3) is 0 Å². The zero-order chi connectivity index (χ0) is 33.8. The molecule has 0 spiro atoms. The van der Waals surface area contributed by atoms with Crippen molar-refractivity contribution < 1.29 is 44.6 Å². The highest BCUT2D eigenvalue weighted by atomic mass is 16.7. The number of aliphatic carboxylic acids is 1. The number of carboxylic acids is 1. The van der Waals surface area contributed by atoms with Crippen LogP contribution in [0.4, 0.5) is 0 Å². The summed E-state index contributed by atoms with van der Waals surface area (Å²) in [7, 11) is 0. The Morgan fingerprint density at radius 1 is 0.913 bits per heavy atom. The lowest BCUT2D eigenvalue weighted by molar-refractivity contribution is -0.308. The number of hydrogen-bond donors (Lipinski definition) is 5. The molecule has 5 N–H and O–H groups in total. The van der Waals surface area contributed by atoms with Crippen molar-refractivity contribution in [3.63, 3.8) is 0 Å². The average molecular weight is 647 g/mol. The van der Waals surface area contributed by atoms with Gasteiger partial charge in [0.25, 0.3) is 6.47 Å². The monoisotopic (exact) mass is 646 g/mol. The van der Waals surface area contributed by atoms with Crippen LogP contribution in [0.2, 0.25) is 0 Å². The molecule has 0 radical (unpaired) electrons. The lowest BCUT2D eigenvalue weighted by atomic mass is 9.33. The molecule has 0 aromatic heterocycles. The smallest absolute Gasteiger partial charge is 0.310 e. The summed E-state index contributed by atoms with van der Waals surface area (Å²) in [5.74, 6) is -0.123. The van der Waals surface area contributed by atoms with Crippen molar-refractivity contribution in [1.29, 1.82) is 0 Å². The molecule has 0 aromatic carbocycles. The fourth-order valence-corrected chi connectivity index (χ4v) is 12.8. The molecule has 5 fully saturated rings. The summed E-state index contributed by atoms with van der Waals surface area (Å²) in [5, 5.41) is 54.1. The molecule has 4 saturated carbocycles. The molecule has 0 bridgehead atoms. The van der Waals surface area contributed by atoms with Crippen LogP contribution in [0.3, 0.4) is 0 Å². The van der Waals surface area contributed by atoms with E-state index in [-0.39, 0.29) is 51.3 Å². The van der Waals surface area contributed by atoms with Crippen molar-refractivity contribution in [1.82, 2.24) is 0 Å². The maximum absolute atomic E-state index is 13.0. The Kier molecular flexibility index (Phi) is 8.21. The molecule has 6 unspecified atom stereocenters. The first kappa shape index (κ1) is 34.3. The van der Waals surface area contributed by atoms with E-state index in [0.717, 1.165) is 57.8 Å². The van der Waals surface area contributed by atoms with E-state index in [2.05, 4.69) is 54.5 Å². The number of allylic oxidation sites excluding steroid dienone is 2. The van der Waals surface area contributed by atoms with Crippen molar-refractivity contribution in [3.8, 4) is 0 Å². The number of aliphatic hydroxyl groups excluding tert-OH is 4. The summed E-state index contributed by atoms with van der Waals surface area (Å²) in [6.07, 6.45) is 2.65. The van der Waals surface area contributed by atoms with Crippen LogP contribution in [0, 0.1) is 56.2 Å². The van der Waals surface area contributed by atoms with Crippen LogP contribution in [0.1, 0.15) is 113 Å². The molecule has 6 aliphatic rings. The van der Waals surface area contributed by atoms with Gasteiger partial charge in [0.15, 0.2) is 0 Å². The highest BCUT2D eigenvalue weighted by Crippen LogP contribution is 2.76. The van der Waals surface area contributed by atoms with Crippen molar-refractivity contribution in [2.24, 2.45) is 56.2 Å². The lowest BCUT2D eigenvalue weighted by Crippen LogP contribution is -2.67. The van der Waals surface area contributed by atoms with Crippen molar-refractivity contribution in [3.05, 3.63) is 11.6 Å². The Morgan fingerprint density at radius 2 is 1.59 bits per heavy atom. The number of carbonyl (C=O) groups is 2. The number of carbonyl (C=O) groups excluding carboxylic acids is 1. The van der Waals surface area contributed by atoms with Gasteiger partial charge in [-0.05, 0) is 115 Å². The molecule has 0 amide bonds. The van der Waals surface area contributed by atoms with Crippen LogP contribution in [0.15, 0.2) is 11.6 Å². The molecule has 9 heteroatoms. The molecular weight excluding hydrogens is 588 g/mol. The van der Waals surface area contributed by atoms with E-state index < -0.39 is 48.2 Å². The maximum atomic E-state index is 13.0. The third-order valence-corrected chi connectivity index (χ3v) is 15.7. The number of hydrogen-bond acceptors (Lipinski definition) is 8. The van der Waals surface area contributed by atoms with Crippen LogP contribution < -0.4 is 0 Å². The number of aliphatic hydroxyl groups is 4. The van der Waals surface area contributed by atoms with Gasteiger partial charge in [0, 0.05) is 0 Å². The highest BCUT2D eigenvalue weighted by molar-refractivity contribution is 5.76. The number of ether oxygens (including phenoxy) is 2. The third kappa shape index (κ3) is 4.57. The van der Waals surface area contributed by atoms with Gasteiger partial charge in [-0.25, -0.2) is 0 Å². The van der Waals surface area contributed by atoms with Crippen molar-refractivity contribution in [2.75, 3.05) is 0 Å². The van der Waals surface area contributed by atoms with E-state index in [1.54, 1.807) is 0 Å². The molecule has 5 aliphatic carbocycles. The topological polar surface area (TPSA) is 154 Å². The van der Waals surface area contributed by atoms with Crippen LogP contribution in [-0.4, -0.2) is 74.8 Å². The Morgan fingerprint density at radius 3 is 2.24 bits per heavy atom. The standard InChI is InChI=1S/C37H58O9/c1-32(2)14-16-37(31(43)44)17-15-35(6)20(22(37)18-32)8-9-24-34(5)12-10-21(33(3,4)23(34)11-13-36(24,35)7)25(39)29-27(41)26(40)28(42)30(46-29)45-19-38/h8,19,21-30,39-42H,9-18H2,1-7H3,(H,43,44)/t21-,22?,23?,24?,25?,26+,27?,28-,29-,30?,34-,35+,36+,37-/m0/s1. The molecule has 1 heterocycles. The predicted molar refractivity (Wildman–Crippen MR) is 170 cm³/mol. The first-order valence-corrected chi connectivity index (χ1v) is 17.7. The molecule has 6 rings (SSSR count). The Hall–Kier alpha value is -1.52. The van der Waals surface area contributed by atoms with Crippen LogP contribution in [-0.2, 0) is 19.1 Å². The molecule has 1 saturated heterocycles. The van der Waals surface area contributed by atoms with Gasteiger partial charge in [0.05, 0.1) is 11.5 Å². The molecule has 14 atom stereocenters. The molecule has 260 valence electrons. The van der Waals surface area contributed by atoms with E-state index in [1.807, 2.05) is 0 Å². The second-order valence-corrected chi connectivity index (χ2v) is 18.3. The van der Waals surface area contributed by atoms with Gasteiger partial charge in [0.1, 0.15) is 24.4 Å². The molecule has 46 heavy (non-hydrogen) atoms. The van der Waals surface area contributed by atoms with Crippen molar-refractivity contribution >= 4 is 12.4 Å². The second kappa shape index (κ2) is 11.0. The minimum Gasteiger partial charge on any atom is -0.481 e. The van der Waals surface area contributed by atoms with Crippen LogP contribution >= 0.6 is 0 Å². The van der Waals surface area contributed by atoms with E-state index in [0.29, 0.717) is 12.3 Å². The fourth-order valence-electron chi connectivity index (χ4n) is 12.8. The Labute approximate surface area is 274 Å². The normalized spacial score (nSPS) is 51.6. The number of carboxylic acid groups (broad SMARTS) is 1. The summed E-state index contributed by atoms with van der Waals surface area (Å²) in [6, 6.07) is 0. The Balaban J connectivity index is 1.30. The van der Waals surface area contributed by atoms with Gasteiger partial charge in [-0.15, -0.1) is 0 Å². The highest BCUT2D eigenvalue weighted by Gasteiger charge is 2.70. The van der Waals surface area contributed by atoms with Gasteiger partial charge in [-0.2, -0.15) is 0 Å². The number of fused-ring (bicyclic) bond motifs is 7. The average Bonchev–Trinajstić information content (AvgIpc) is 2.97. The summed E-state index contributed by atoms with van der Waals surface area (Å²) < 4.78 is 10.6. The second-order valence-electron chi connectivity index (χ2n) is 18.3. The van der Waals surface area contributed by atoms with E-state index in [1.165, 1.54) is 5.57 Å². The minimum atomic E-state index is -1.63. The largest absolute Gasteiger partial charge is 0.481 e. The number of rotatable bonds is 5. The van der Waals surface area contributed by atoms with Gasteiger partial charge in [-0.1, -0.05) is 60.1 Å². The van der Waals surface area contributed by atoms with Crippen molar-refractivity contribution in [2.45, 2.75) is 149 Å². The van der Waals surface area contributed by atoms with Gasteiger partial charge < -0.3 is 35.0 Å². The molecular formula is C37H58O9. The van der Waals surface area contributed by atoms with Gasteiger partial charge in [0.2, 0.25) is 6.29 Å². The lowest BCUT2D eigenvalue weighted by Gasteiger charge is -2.71. The first-order chi connectivity index (χ1) is 21.3. The predicted octanol–water partition coefficient (Wildman–Crippen LogP) is 4.83. The van der Waals surface area contributed by atoms with Gasteiger partial charge >= 0.3 is 5.97 Å². The minimum absolute atomic E-state index is 0.0123.